The molecular formula is C12H13BrN2O3. The second-order valence-electron chi connectivity index (χ2n) is 4.21. The third-order valence-corrected chi connectivity index (χ3v) is 3.38. The van der Waals surface area contributed by atoms with Crippen molar-refractivity contribution in [1.29, 1.82) is 0 Å². The first-order valence-electron chi connectivity index (χ1n) is 5.52. The molecule has 1 atom stereocenters. The number of hydrogen-bond acceptors (Lipinski definition) is 4. The van der Waals surface area contributed by atoms with Crippen LogP contribution in [0.3, 0.4) is 0 Å². The predicted molar refractivity (Wildman–Crippen MR) is 70.1 cm³/mol. The largest absolute Gasteiger partial charge is 0.389 e. The number of nitrogens with one attached hydrogen (secondary N) is 1. The highest BCUT2D eigenvalue weighted by Crippen LogP contribution is 2.29. The first kappa shape index (κ1) is 13.0. The zero-order valence-corrected chi connectivity index (χ0v) is 11.4. The van der Waals surface area contributed by atoms with E-state index in [0.29, 0.717) is 0 Å². The molecule has 2 rings (SSSR count). The van der Waals surface area contributed by atoms with Crippen molar-refractivity contribution in [3.63, 3.8) is 0 Å². The normalized spacial score (nSPS) is 17.6. The van der Waals surface area contributed by atoms with E-state index in [-0.39, 0.29) is 24.9 Å². The van der Waals surface area contributed by atoms with Crippen LogP contribution in [0.5, 0.6) is 0 Å². The Morgan fingerprint density at radius 2 is 1.94 bits per heavy atom. The predicted octanol–water partition coefficient (Wildman–Crippen LogP) is 0.965. The highest BCUT2D eigenvalue weighted by Gasteiger charge is 2.24. The maximum Gasteiger partial charge on any atom is 0.246 e. The number of benzene rings is 1. The number of rotatable bonds is 2. The number of carbonyl (C=O) groups excluding carboxylic acids is 2. The lowest BCUT2D eigenvalue weighted by Crippen LogP contribution is -2.51. The van der Waals surface area contributed by atoms with Crippen molar-refractivity contribution in [2.45, 2.75) is 13.0 Å². The van der Waals surface area contributed by atoms with E-state index < -0.39 is 6.10 Å². The van der Waals surface area contributed by atoms with E-state index in [4.69, 9.17) is 0 Å². The van der Waals surface area contributed by atoms with Crippen molar-refractivity contribution in [3.05, 3.63) is 28.2 Å². The van der Waals surface area contributed by atoms with Crippen molar-refractivity contribution in [2.24, 2.45) is 0 Å². The molecule has 1 aliphatic rings. The van der Waals surface area contributed by atoms with Crippen LogP contribution in [0.2, 0.25) is 0 Å². The number of nitrogens with zero attached hydrogens (tertiary/aromatic N) is 1. The topological polar surface area (TPSA) is 69.6 Å². The van der Waals surface area contributed by atoms with Crippen molar-refractivity contribution in [2.75, 3.05) is 18.0 Å². The number of anilines is 1. The summed E-state index contributed by atoms with van der Waals surface area (Å²) in [5, 5.41) is 11.7. The van der Waals surface area contributed by atoms with Gasteiger partial charge < -0.3 is 10.0 Å². The van der Waals surface area contributed by atoms with Gasteiger partial charge in [0.05, 0.1) is 24.9 Å². The van der Waals surface area contributed by atoms with Crippen LogP contribution in [0, 0.1) is 0 Å². The van der Waals surface area contributed by atoms with Crippen molar-refractivity contribution in [1.82, 2.24) is 5.32 Å². The van der Waals surface area contributed by atoms with Crippen LogP contribution in [-0.2, 0) is 9.59 Å². The molecule has 0 bridgehead atoms. The summed E-state index contributed by atoms with van der Waals surface area (Å²) < 4.78 is 0.753. The molecular weight excluding hydrogens is 300 g/mol. The zero-order valence-electron chi connectivity index (χ0n) is 9.81. The van der Waals surface area contributed by atoms with Crippen LogP contribution < -0.4 is 10.2 Å². The number of aliphatic hydroxyl groups excluding tert-OH is 1. The number of hydrogen-bond donors (Lipinski definition) is 2. The third-order valence-electron chi connectivity index (χ3n) is 2.74. The molecule has 5 nitrogen and oxygen atoms in total. The molecule has 0 spiro atoms. The monoisotopic (exact) mass is 312 g/mol. The molecule has 6 heteroatoms. The number of halogens is 1. The van der Waals surface area contributed by atoms with Gasteiger partial charge in [-0.2, -0.15) is 0 Å². The van der Waals surface area contributed by atoms with E-state index in [1.54, 1.807) is 30.0 Å². The Balaban J connectivity index is 2.28. The summed E-state index contributed by atoms with van der Waals surface area (Å²) in [6.07, 6.45) is -0.554. The van der Waals surface area contributed by atoms with Crippen LogP contribution in [0.1, 0.15) is 18.6 Å². The zero-order chi connectivity index (χ0) is 13.3. The molecule has 18 heavy (non-hydrogen) atoms. The van der Waals surface area contributed by atoms with Crippen LogP contribution in [0.4, 0.5) is 5.69 Å². The lowest BCUT2D eigenvalue weighted by molar-refractivity contribution is -0.130. The Morgan fingerprint density at radius 3 is 2.44 bits per heavy atom. The van der Waals surface area contributed by atoms with Crippen molar-refractivity contribution < 1.29 is 14.7 Å². The highest BCUT2D eigenvalue weighted by atomic mass is 79.9. The summed E-state index contributed by atoms with van der Waals surface area (Å²) in [5.74, 6) is -0.615. The van der Waals surface area contributed by atoms with Gasteiger partial charge in [-0.15, -0.1) is 0 Å². The molecule has 0 aliphatic carbocycles. The first-order valence-corrected chi connectivity index (χ1v) is 6.32. The van der Waals surface area contributed by atoms with Gasteiger partial charge in [0.25, 0.3) is 0 Å². The fourth-order valence-electron chi connectivity index (χ4n) is 1.85. The maximum absolute atomic E-state index is 11.3. The number of carbonyl (C=O) groups is 2. The third kappa shape index (κ3) is 2.70. The van der Waals surface area contributed by atoms with Crippen molar-refractivity contribution >= 4 is 33.4 Å². The van der Waals surface area contributed by atoms with Crippen LogP contribution >= 0.6 is 15.9 Å². The van der Waals surface area contributed by atoms with E-state index in [1.165, 1.54) is 0 Å². The van der Waals surface area contributed by atoms with E-state index in [0.717, 1.165) is 15.7 Å². The molecule has 1 aliphatic heterocycles. The lowest BCUT2D eigenvalue weighted by atomic mass is 10.1. The molecule has 2 N–H and O–H groups in total. The van der Waals surface area contributed by atoms with Crippen LogP contribution in [-0.4, -0.2) is 30.0 Å². The van der Waals surface area contributed by atoms with Gasteiger partial charge >= 0.3 is 0 Å². The van der Waals surface area contributed by atoms with Gasteiger partial charge in [-0.05, 0) is 40.5 Å². The van der Waals surface area contributed by atoms with Crippen LogP contribution in [0.15, 0.2) is 22.7 Å². The van der Waals surface area contributed by atoms with Crippen LogP contribution in [0.25, 0.3) is 0 Å². The fraction of sp³-hybridized carbons (Fsp3) is 0.333. The standard InChI is InChI=1S/C12H13BrN2O3/c1-7(16)8-2-3-10(9(13)4-8)15-5-11(17)14-12(18)6-15/h2-4,7,16H,5-6H2,1H3,(H,14,17,18). The van der Waals surface area contributed by atoms with Gasteiger partial charge in [0, 0.05) is 4.47 Å². The Morgan fingerprint density at radius 1 is 1.33 bits per heavy atom. The smallest absolute Gasteiger partial charge is 0.246 e. The summed E-state index contributed by atoms with van der Waals surface area (Å²) in [7, 11) is 0. The van der Waals surface area contributed by atoms with E-state index in [2.05, 4.69) is 21.2 Å². The lowest BCUT2D eigenvalue weighted by Gasteiger charge is -2.28. The molecule has 1 aromatic rings. The van der Waals surface area contributed by atoms with Gasteiger partial charge in [0.2, 0.25) is 11.8 Å². The average molecular weight is 313 g/mol. The van der Waals surface area contributed by atoms with Gasteiger partial charge in [0.15, 0.2) is 0 Å². The number of amides is 2. The summed E-state index contributed by atoms with van der Waals surface area (Å²) in [6, 6.07) is 5.36. The Hall–Kier alpha value is -1.40. The minimum absolute atomic E-state index is 0.151. The van der Waals surface area contributed by atoms with E-state index >= 15 is 0 Å². The molecule has 1 aromatic carbocycles. The van der Waals surface area contributed by atoms with Crippen molar-refractivity contribution in [3.8, 4) is 0 Å². The second kappa shape index (κ2) is 5.07. The van der Waals surface area contributed by atoms with E-state index in [9.17, 15) is 14.7 Å². The van der Waals surface area contributed by atoms with Gasteiger partial charge in [0.1, 0.15) is 0 Å². The summed E-state index contributed by atoms with van der Waals surface area (Å²) in [5.41, 5.74) is 1.54. The SMILES string of the molecule is CC(O)c1ccc(N2CC(=O)NC(=O)C2)c(Br)c1. The second-order valence-corrected chi connectivity index (χ2v) is 5.07. The molecule has 1 unspecified atom stereocenters. The van der Waals surface area contributed by atoms with Gasteiger partial charge in [-0.25, -0.2) is 0 Å². The molecule has 2 amide bonds. The molecule has 0 saturated carbocycles. The number of piperazine rings is 1. The maximum atomic E-state index is 11.3. The molecule has 0 radical (unpaired) electrons. The summed E-state index contributed by atoms with van der Waals surface area (Å²) in [6.45, 7) is 1.98. The van der Waals surface area contributed by atoms with Gasteiger partial charge in [-0.3, -0.25) is 14.9 Å². The first-order chi connectivity index (χ1) is 8.47. The highest BCUT2D eigenvalue weighted by molar-refractivity contribution is 9.10. The minimum atomic E-state index is -0.554. The molecule has 96 valence electrons. The Bertz CT molecular complexity index is 486. The molecule has 1 heterocycles. The Labute approximate surface area is 113 Å². The van der Waals surface area contributed by atoms with Gasteiger partial charge in [-0.1, -0.05) is 6.07 Å². The minimum Gasteiger partial charge on any atom is -0.389 e. The summed E-state index contributed by atoms with van der Waals surface area (Å²) in [4.78, 5) is 24.3. The Kier molecular flexibility index (Phi) is 3.68. The summed E-state index contributed by atoms with van der Waals surface area (Å²) >= 11 is 3.40. The number of imide groups is 1. The quantitative estimate of drug-likeness (QED) is 0.798. The molecule has 1 saturated heterocycles. The molecule has 0 aromatic heterocycles. The van der Waals surface area contributed by atoms with E-state index in [1.807, 2.05) is 0 Å². The average Bonchev–Trinajstić information content (AvgIpc) is 2.27. The molecule has 1 fully saturated rings. The number of aliphatic hydroxyl groups is 1. The fourth-order valence-corrected chi connectivity index (χ4v) is 2.49.